The van der Waals surface area contributed by atoms with E-state index in [1.165, 1.54) is 5.56 Å². The maximum Gasteiger partial charge on any atom is 0.191 e. The normalized spacial score (nSPS) is 16.9. The van der Waals surface area contributed by atoms with Crippen LogP contribution in [0.15, 0.2) is 33.7 Å². The molecule has 28 heavy (non-hydrogen) atoms. The van der Waals surface area contributed by atoms with Gasteiger partial charge in [0.2, 0.25) is 0 Å². The summed E-state index contributed by atoms with van der Waals surface area (Å²) in [6, 6.07) is 8.68. The van der Waals surface area contributed by atoms with Crippen LogP contribution in [0.1, 0.15) is 44.4 Å². The quantitative estimate of drug-likeness (QED) is 0.331. The summed E-state index contributed by atoms with van der Waals surface area (Å²) < 4.78 is 3.15. The number of fused-ring (bicyclic) bond motifs is 1. The molecule has 1 aromatic heterocycles. The lowest BCUT2D eigenvalue weighted by molar-refractivity contribution is 0.391. The van der Waals surface area contributed by atoms with Crippen LogP contribution >= 0.6 is 39.9 Å². The molecular formula is C20H30BrIN6. The van der Waals surface area contributed by atoms with E-state index in [1.54, 1.807) is 0 Å². The molecule has 1 aliphatic rings. The SMILES string of the molecule is CCNC(=NCC(C)(C)c1ccccc1Br)NC1CCc2nc(C)nn2C1.I. The monoisotopic (exact) mass is 560 g/mol. The Morgan fingerprint density at radius 1 is 1.36 bits per heavy atom. The fraction of sp³-hybridized carbons (Fsp3) is 0.550. The molecule has 0 saturated carbocycles. The first-order valence-electron chi connectivity index (χ1n) is 9.59. The van der Waals surface area contributed by atoms with Crippen LogP contribution in [-0.4, -0.2) is 39.9 Å². The van der Waals surface area contributed by atoms with Gasteiger partial charge in [0.05, 0.1) is 13.1 Å². The predicted molar refractivity (Wildman–Crippen MR) is 129 cm³/mol. The molecule has 0 amide bonds. The van der Waals surface area contributed by atoms with E-state index >= 15 is 0 Å². The molecular weight excluding hydrogens is 531 g/mol. The van der Waals surface area contributed by atoms with E-state index < -0.39 is 0 Å². The Hall–Kier alpha value is -1.16. The summed E-state index contributed by atoms with van der Waals surface area (Å²) >= 11 is 3.67. The number of halogens is 2. The summed E-state index contributed by atoms with van der Waals surface area (Å²) in [5.74, 6) is 2.80. The second-order valence-corrected chi connectivity index (χ2v) is 8.55. The molecule has 8 heteroatoms. The zero-order valence-electron chi connectivity index (χ0n) is 17.0. The number of guanidine groups is 1. The standard InChI is InChI=1S/C20H29BrN6.HI/c1-5-22-19(23-13-20(3,4)16-8-6-7-9-17(16)21)25-15-10-11-18-24-14(2)26-27(18)12-15;/h6-9,15H,5,10-13H2,1-4H3,(H2,22,23,25);1H. The fourth-order valence-corrected chi connectivity index (χ4v) is 4.26. The first kappa shape index (κ1) is 23.1. The van der Waals surface area contributed by atoms with Crippen molar-refractivity contribution in [3.63, 3.8) is 0 Å². The second kappa shape index (κ2) is 10.0. The van der Waals surface area contributed by atoms with Crippen molar-refractivity contribution >= 4 is 45.9 Å². The molecule has 1 unspecified atom stereocenters. The van der Waals surface area contributed by atoms with Gasteiger partial charge in [-0.15, -0.1) is 24.0 Å². The summed E-state index contributed by atoms with van der Waals surface area (Å²) in [7, 11) is 0. The number of hydrogen-bond donors (Lipinski definition) is 2. The molecule has 0 saturated heterocycles. The zero-order valence-corrected chi connectivity index (χ0v) is 20.9. The van der Waals surface area contributed by atoms with E-state index in [9.17, 15) is 0 Å². The molecule has 1 atom stereocenters. The Kier molecular flexibility index (Phi) is 8.30. The summed E-state index contributed by atoms with van der Waals surface area (Å²) in [6.45, 7) is 10.9. The maximum atomic E-state index is 4.89. The molecule has 0 bridgehead atoms. The van der Waals surface area contributed by atoms with Crippen LogP contribution in [0.4, 0.5) is 0 Å². The fourth-order valence-electron chi connectivity index (χ4n) is 3.44. The van der Waals surface area contributed by atoms with Crippen molar-refractivity contribution in [1.82, 2.24) is 25.4 Å². The highest BCUT2D eigenvalue weighted by molar-refractivity contribution is 14.0. The summed E-state index contributed by atoms with van der Waals surface area (Å²) in [5, 5.41) is 11.5. The van der Waals surface area contributed by atoms with Gasteiger partial charge in [-0.1, -0.05) is 48.0 Å². The first-order valence-corrected chi connectivity index (χ1v) is 10.4. The van der Waals surface area contributed by atoms with Crippen LogP contribution in [0.2, 0.25) is 0 Å². The van der Waals surface area contributed by atoms with Crippen LogP contribution in [0.5, 0.6) is 0 Å². The van der Waals surface area contributed by atoms with Crippen molar-refractivity contribution in [2.24, 2.45) is 4.99 Å². The van der Waals surface area contributed by atoms with E-state index in [2.05, 4.69) is 75.6 Å². The molecule has 2 aromatic rings. The largest absolute Gasteiger partial charge is 0.357 e. The van der Waals surface area contributed by atoms with Crippen molar-refractivity contribution in [3.05, 3.63) is 46.0 Å². The van der Waals surface area contributed by atoms with Crippen molar-refractivity contribution in [2.75, 3.05) is 13.1 Å². The minimum Gasteiger partial charge on any atom is -0.357 e. The molecule has 0 aliphatic carbocycles. The van der Waals surface area contributed by atoms with Crippen molar-refractivity contribution < 1.29 is 0 Å². The van der Waals surface area contributed by atoms with Gasteiger partial charge in [-0.05, 0) is 31.9 Å². The highest BCUT2D eigenvalue weighted by atomic mass is 127. The number of aliphatic imine (C=N–C) groups is 1. The number of aryl methyl sites for hydroxylation is 2. The molecule has 1 aromatic carbocycles. The van der Waals surface area contributed by atoms with Crippen LogP contribution in [0, 0.1) is 6.92 Å². The van der Waals surface area contributed by atoms with E-state index in [1.807, 2.05) is 17.7 Å². The third-order valence-corrected chi connectivity index (χ3v) is 5.58. The number of hydrogen-bond acceptors (Lipinski definition) is 3. The summed E-state index contributed by atoms with van der Waals surface area (Å²) in [4.78, 5) is 9.37. The average molecular weight is 561 g/mol. The molecule has 0 spiro atoms. The molecule has 0 fully saturated rings. The number of aromatic nitrogens is 3. The lowest BCUT2D eigenvalue weighted by Crippen LogP contribution is -2.47. The highest BCUT2D eigenvalue weighted by Crippen LogP contribution is 2.30. The Bertz CT molecular complexity index is 817. The van der Waals surface area contributed by atoms with Gasteiger partial charge in [-0.2, -0.15) is 5.10 Å². The Balaban J connectivity index is 0.00000280. The number of benzene rings is 1. The van der Waals surface area contributed by atoms with Gasteiger partial charge in [0.25, 0.3) is 0 Å². The van der Waals surface area contributed by atoms with Gasteiger partial charge in [0.15, 0.2) is 5.96 Å². The topological polar surface area (TPSA) is 67.1 Å². The zero-order chi connectivity index (χ0) is 19.4. The van der Waals surface area contributed by atoms with Gasteiger partial charge >= 0.3 is 0 Å². The van der Waals surface area contributed by atoms with Gasteiger partial charge in [0, 0.05) is 28.9 Å². The lowest BCUT2D eigenvalue weighted by Gasteiger charge is -2.27. The molecule has 3 rings (SSSR count). The predicted octanol–water partition coefficient (Wildman–Crippen LogP) is 3.81. The second-order valence-electron chi connectivity index (χ2n) is 7.70. The molecule has 6 nitrogen and oxygen atoms in total. The molecule has 2 N–H and O–H groups in total. The van der Waals surface area contributed by atoms with E-state index in [4.69, 9.17) is 4.99 Å². The van der Waals surface area contributed by atoms with Crippen LogP contribution in [-0.2, 0) is 18.4 Å². The van der Waals surface area contributed by atoms with Crippen molar-refractivity contribution in [2.45, 2.75) is 58.5 Å². The Labute approximate surface area is 193 Å². The minimum atomic E-state index is -0.0643. The number of nitrogens with one attached hydrogen (secondary N) is 2. The van der Waals surface area contributed by atoms with E-state index in [0.717, 1.165) is 48.0 Å². The smallest absolute Gasteiger partial charge is 0.191 e. The highest BCUT2D eigenvalue weighted by Gasteiger charge is 2.24. The van der Waals surface area contributed by atoms with Gasteiger partial charge in [-0.25, -0.2) is 9.67 Å². The third kappa shape index (κ3) is 5.68. The van der Waals surface area contributed by atoms with Crippen molar-refractivity contribution in [1.29, 1.82) is 0 Å². The minimum absolute atomic E-state index is 0. The van der Waals surface area contributed by atoms with Gasteiger partial charge in [0.1, 0.15) is 11.6 Å². The molecule has 1 aliphatic heterocycles. The number of rotatable bonds is 5. The van der Waals surface area contributed by atoms with Gasteiger partial charge in [-0.3, -0.25) is 4.99 Å². The third-order valence-electron chi connectivity index (χ3n) is 4.88. The Morgan fingerprint density at radius 3 is 2.82 bits per heavy atom. The Morgan fingerprint density at radius 2 is 2.11 bits per heavy atom. The molecule has 154 valence electrons. The molecule has 0 radical (unpaired) electrons. The first-order chi connectivity index (χ1) is 12.9. The van der Waals surface area contributed by atoms with Crippen LogP contribution in [0.3, 0.4) is 0 Å². The maximum absolute atomic E-state index is 4.89. The summed E-state index contributed by atoms with van der Waals surface area (Å²) in [6.07, 6.45) is 1.98. The molecule has 2 heterocycles. The number of nitrogens with zero attached hydrogens (tertiary/aromatic N) is 4. The lowest BCUT2D eigenvalue weighted by atomic mass is 9.85. The van der Waals surface area contributed by atoms with Crippen molar-refractivity contribution in [3.8, 4) is 0 Å². The van der Waals surface area contributed by atoms with Crippen LogP contribution in [0.25, 0.3) is 0 Å². The average Bonchev–Trinajstić information content (AvgIpc) is 2.99. The van der Waals surface area contributed by atoms with Crippen LogP contribution < -0.4 is 10.6 Å². The van der Waals surface area contributed by atoms with E-state index in [0.29, 0.717) is 12.6 Å². The van der Waals surface area contributed by atoms with Gasteiger partial charge < -0.3 is 10.6 Å². The summed E-state index contributed by atoms with van der Waals surface area (Å²) in [5.41, 5.74) is 1.20. The van der Waals surface area contributed by atoms with E-state index in [-0.39, 0.29) is 29.4 Å².